The Morgan fingerprint density at radius 2 is 2.12 bits per heavy atom. The largest absolute Gasteiger partial charge is 0.497 e. The van der Waals surface area contributed by atoms with Gasteiger partial charge in [0.2, 0.25) is 0 Å². The van der Waals surface area contributed by atoms with Crippen LogP contribution >= 0.6 is 0 Å². The van der Waals surface area contributed by atoms with Gasteiger partial charge in [0, 0.05) is 17.7 Å². The minimum absolute atomic E-state index is 0.372. The van der Waals surface area contributed by atoms with Gasteiger partial charge in [-0.25, -0.2) is 0 Å². The third kappa shape index (κ3) is 2.78. The molecule has 0 aliphatic heterocycles. The minimum atomic E-state index is 0.372. The van der Waals surface area contributed by atoms with E-state index in [1.54, 1.807) is 7.11 Å². The predicted octanol–water partition coefficient (Wildman–Crippen LogP) is 2.91. The molecule has 0 radical (unpaired) electrons. The Labute approximate surface area is 101 Å². The number of aromatic nitrogens is 2. The predicted molar refractivity (Wildman–Crippen MR) is 69.3 cm³/mol. The van der Waals surface area contributed by atoms with E-state index in [1.807, 2.05) is 30.3 Å². The number of hydrogen-bond acceptors (Lipinski definition) is 3. The van der Waals surface area contributed by atoms with Gasteiger partial charge < -0.3 is 10.1 Å². The van der Waals surface area contributed by atoms with Gasteiger partial charge in [-0.15, -0.1) is 0 Å². The molecule has 0 spiro atoms. The van der Waals surface area contributed by atoms with E-state index >= 15 is 0 Å². The van der Waals surface area contributed by atoms with Crippen LogP contribution < -0.4 is 10.1 Å². The van der Waals surface area contributed by atoms with Gasteiger partial charge in [0.15, 0.2) is 0 Å². The van der Waals surface area contributed by atoms with E-state index in [-0.39, 0.29) is 0 Å². The number of nitrogens with zero attached hydrogens (tertiary/aromatic N) is 1. The number of aromatic amines is 1. The van der Waals surface area contributed by atoms with E-state index in [1.165, 1.54) is 0 Å². The number of H-pyrrole nitrogens is 1. The molecule has 0 unspecified atom stereocenters. The average molecular weight is 231 g/mol. The van der Waals surface area contributed by atoms with Gasteiger partial charge in [0.25, 0.3) is 0 Å². The first kappa shape index (κ1) is 11.5. The van der Waals surface area contributed by atoms with Gasteiger partial charge in [0.05, 0.1) is 12.8 Å². The van der Waals surface area contributed by atoms with Crippen molar-refractivity contribution in [2.45, 2.75) is 19.9 Å². The maximum absolute atomic E-state index is 5.20. The molecule has 2 N–H and O–H groups in total. The molecule has 0 aliphatic carbocycles. The number of hydrogen-bond donors (Lipinski definition) is 2. The van der Waals surface area contributed by atoms with Crippen molar-refractivity contribution in [2.24, 2.45) is 0 Å². The van der Waals surface area contributed by atoms with Crippen molar-refractivity contribution in [1.29, 1.82) is 0 Å². The zero-order chi connectivity index (χ0) is 12.3. The molecule has 0 saturated heterocycles. The van der Waals surface area contributed by atoms with Crippen molar-refractivity contribution >= 4 is 5.82 Å². The van der Waals surface area contributed by atoms with Gasteiger partial charge in [0.1, 0.15) is 11.6 Å². The highest BCUT2D eigenvalue weighted by atomic mass is 16.5. The van der Waals surface area contributed by atoms with Gasteiger partial charge in [-0.05, 0) is 26.0 Å². The van der Waals surface area contributed by atoms with Crippen LogP contribution in [0.3, 0.4) is 0 Å². The fourth-order valence-corrected chi connectivity index (χ4v) is 1.63. The highest BCUT2D eigenvalue weighted by Gasteiger charge is 2.05. The summed E-state index contributed by atoms with van der Waals surface area (Å²) in [5.74, 6) is 1.70. The quantitative estimate of drug-likeness (QED) is 0.850. The maximum atomic E-state index is 5.20. The summed E-state index contributed by atoms with van der Waals surface area (Å²) < 4.78 is 5.20. The molecule has 0 saturated carbocycles. The Morgan fingerprint density at radius 3 is 2.82 bits per heavy atom. The van der Waals surface area contributed by atoms with E-state index in [0.717, 1.165) is 22.8 Å². The van der Waals surface area contributed by atoms with Crippen LogP contribution in [0.1, 0.15) is 13.8 Å². The Kier molecular flexibility index (Phi) is 3.32. The van der Waals surface area contributed by atoms with E-state index in [2.05, 4.69) is 29.4 Å². The topological polar surface area (TPSA) is 49.9 Å². The van der Waals surface area contributed by atoms with Crippen molar-refractivity contribution in [1.82, 2.24) is 10.2 Å². The van der Waals surface area contributed by atoms with Crippen LogP contribution in [0.5, 0.6) is 5.75 Å². The molecule has 0 amide bonds. The molecule has 4 nitrogen and oxygen atoms in total. The number of benzene rings is 1. The first-order valence-electron chi connectivity index (χ1n) is 5.65. The molecule has 2 rings (SSSR count). The lowest BCUT2D eigenvalue weighted by atomic mass is 10.1. The van der Waals surface area contributed by atoms with Crippen LogP contribution in [-0.2, 0) is 0 Å². The monoisotopic (exact) mass is 231 g/mol. The van der Waals surface area contributed by atoms with Gasteiger partial charge >= 0.3 is 0 Å². The summed E-state index contributed by atoms with van der Waals surface area (Å²) in [6, 6.07) is 10.3. The van der Waals surface area contributed by atoms with Crippen LogP contribution in [0.4, 0.5) is 5.82 Å². The second kappa shape index (κ2) is 4.91. The molecule has 0 atom stereocenters. The van der Waals surface area contributed by atoms with E-state index in [9.17, 15) is 0 Å². The zero-order valence-corrected chi connectivity index (χ0v) is 10.3. The van der Waals surface area contributed by atoms with E-state index in [0.29, 0.717) is 6.04 Å². The van der Waals surface area contributed by atoms with Crippen LogP contribution in [0.2, 0.25) is 0 Å². The molecule has 1 heterocycles. The third-order valence-electron chi connectivity index (χ3n) is 2.40. The number of nitrogens with one attached hydrogen (secondary N) is 2. The maximum Gasteiger partial charge on any atom is 0.148 e. The van der Waals surface area contributed by atoms with Crippen molar-refractivity contribution < 1.29 is 4.74 Å². The van der Waals surface area contributed by atoms with Crippen LogP contribution in [0.15, 0.2) is 30.3 Å². The summed E-state index contributed by atoms with van der Waals surface area (Å²) in [5.41, 5.74) is 2.04. The summed E-state index contributed by atoms with van der Waals surface area (Å²) >= 11 is 0. The van der Waals surface area contributed by atoms with Gasteiger partial charge in [-0.3, -0.25) is 5.10 Å². The smallest absolute Gasteiger partial charge is 0.148 e. The van der Waals surface area contributed by atoms with E-state index < -0.39 is 0 Å². The standard InChI is InChI=1S/C13H17N3O/c1-9(2)14-13-8-12(15-16-13)10-5-4-6-11(7-10)17-3/h4-9H,1-3H3,(H2,14,15,16). The fraction of sp³-hybridized carbons (Fsp3) is 0.308. The summed E-state index contributed by atoms with van der Waals surface area (Å²) in [7, 11) is 1.66. The van der Waals surface area contributed by atoms with E-state index in [4.69, 9.17) is 4.74 Å². The fourth-order valence-electron chi connectivity index (χ4n) is 1.63. The molecule has 17 heavy (non-hydrogen) atoms. The lowest BCUT2D eigenvalue weighted by Gasteiger charge is -2.04. The highest BCUT2D eigenvalue weighted by Crippen LogP contribution is 2.23. The Hall–Kier alpha value is -1.97. The number of anilines is 1. The molecule has 4 heteroatoms. The Balaban J connectivity index is 2.24. The Bertz CT molecular complexity index is 491. The van der Waals surface area contributed by atoms with Gasteiger partial charge in [-0.1, -0.05) is 12.1 Å². The number of rotatable bonds is 4. The van der Waals surface area contributed by atoms with Crippen LogP contribution in [0, 0.1) is 0 Å². The molecule has 90 valence electrons. The summed E-state index contributed by atoms with van der Waals surface area (Å²) in [6.45, 7) is 4.17. The normalized spacial score (nSPS) is 10.6. The first-order chi connectivity index (χ1) is 8.19. The molecule has 0 aliphatic rings. The molecule has 0 bridgehead atoms. The van der Waals surface area contributed by atoms with Crippen molar-refractivity contribution in [3.63, 3.8) is 0 Å². The van der Waals surface area contributed by atoms with Crippen LogP contribution in [-0.4, -0.2) is 23.3 Å². The SMILES string of the molecule is COc1cccc(-c2cc(NC(C)C)n[nH]2)c1. The molecule has 0 fully saturated rings. The van der Waals surface area contributed by atoms with Gasteiger partial charge in [-0.2, -0.15) is 5.10 Å². The first-order valence-corrected chi connectivity index (χ1v) is 5.65. The molecule has 2 aromatic rings. The van der Waals surface area contributed by atoms with Crippen molar-refractivity contribution in [3.05, 3.63) is 30.3 Å². The molecular formula is C13H17N3O. The zero-order valence-electron chi connectivity index (χ0n) is 10.3. The van der Waals surface area contributed by atoms with Crippen molar-refractivity contribution in [2.75, 3.05) is 12.4 Å². The summed E-state index contributed by atoms with van der Waals surface area (Å²) in [5, 5.41) is 10.5. The minimum Gasteiger partial charge on any atom is -0.497 e. The summed E-state index contributed by atoms with van der Waals surface area (Å²) in [6.07, 6.45) is 0. The number of methoxy groups -OCH3 is 1. The average Bonchev–Trinajstić information content (AvgIpc) is 2.77. The van der Waals surface area contributed by atoms with Crippen molar-refractivity contribution in [3.8, 4) is 17.0 Å². The second-order valence-electron chi connectivity index (χ2n) is 4.20. The molecule has 1 aromatic carbocycles. The molecule has 1 aromatic heterocycles. The highest BCUT2D eigenvalue weighted by molar-refractivity contribution is 5.64. The molecular weight excluding hydrogens is 214 g/mol. The lowest BCUT2D eigenvalue weighted by Crippen LogP contribution is -2.09. The third-order valence-corrected chi connectivity index (χ3v) is 2.40. The summed E-state index contributed by atoms with van der Waals surface area (Å²) in [4.78, 5) is 0. The number of ether oxygens (including phenoxy) is 1. The second-order valence-corrected chi connectivity index (χ2v) is 4.20. The lowest BCUT2D eigenvalue weighted by molar-refractivity contribution is 0.415. The Morgan fingerprint density at radius 1 is 1.29 bits per heavy atom. The van der Waals surface area contributed by atoms with Crippen LogP contribution in [0.25, 0.3) is 11.3 Å².